The Kier molecular flexibility index (Phi) is 3.21. The van der Waals surface area contributed by atoms with E-state index in [1.807, 2.05) is 22.7 Å². The van der Waals surface area contributed by atoms with E-state index in [0.717, 1.165) is 18.3 Å². The summed E-state index contributed by atoms with van der Waals surface area (Å²) in [5.41, 5.74) is 0.775. The first-order chi connectivity index (χ1) is 9.25. The Balaban J connectivity index is 1.79. The fraction of sp³-hybridized carbons (Fsp3) is 0.429. The average Bonchev–Trinajstić information content (AvgIpc) is 2.72. The van der Waals surface area contributed by atoms with E-state index >= 15 is 0 Å². The fourth-order valence-corrected chi connectivity index (χ4v) is 2.47. The van der Waals surface area contributed by atoms with Gasteiger partial charge in [0.1, 0.15) is 5.82 Å². The van der Waals surface area contributed by atoms with E-state index in [4.69, 9.17) is 5.11 Å². The second-order valence-corrected chi connectivity index (χ2v) is 5.07. The minimum Gasteiger partial charge on any atom is -0.476 e. The molecule has 1 aliphatic rings. The van der Waals surface area contributed by atoms with Crippen molar-refractivity contribution < 1.29 is 9.90 Å². The van der Waals surface area contributed by atoms with Crippen LogP contribution in [0.2, 0.25) is 0 Å². The highest BCUT2D eigenvalue weighted by Crippen LogP contribution is 2.25. The van der Waals surface area contributed by atoms with Gasteiger partial charge in [-0.3, -0.25) is 0 Å². The van der Waals surface area contributed by atoms with E-state index in [9.17, 15) is 4.79 Å². The second-order valence-electron chi connectivity index (χ2n) is 5.07. The molecule has 5 heteroatoms. The van der Waals surface area contributed by atoms with Gasteiger partial charge in [-0.25, -0.2) is 9.78 Å². The van der Waals surface area contributed by atoms with Crippen LogP contribution in [0.3, 0.4) is 0 Å². The van der Waals surface area contributed by atoms with Crippen LogP contribution in [0.25, 0.3) is 5.52 Å². The Labute approximate surface area is 111 Å². The predicted octanol–water partition coefficient (Wildman–Crippen LogP) is 1.92. The highest BCUT2D eigenvalue weighted by molar-refractivity contribution is 5.93. The molecule has 2 heterocycles. The first-order valence-corrected chi connectivity index (χ1v) is 6.65. The topological polar surface area (TPSA) is 66.6 Å². The molecule has 0 saturated heterocycles. The molecule has 19 heavy (non-hydrogen) atoms. The highest BCUT2D eigenvalue weighted by atomic mass is 16.4. The van der Waals surface area contributed by atoms with Gasteiger partial charge in [0, 0.05) is 6.20 Å². The SMILES string of the molecule is O=C(O)c1nc(CNCC2CCC2)n2ccccc12. The lowest BCUT2D eigenvalue weighted by Gasteiger charge is -2.25. The van der Waals surface area contributed by atoms with Gasteiger partial charge in [0.25, 0.3) is 0 Å². The largest absolute Gasteiger partial charge is 0.476 e. The van der Waals surface area contributed by atoms with Crippen molar-refractivity contribution in [2.45, 2.75) is 25.8 Å². The maximum absolute atomic E-state index is 11.2. The zero-order valence-electron chi connectivity index (χ0n) is 10.7. The number of aromatic carboxylic acids is 1. The van der Waals surface area contributed by atoms with Crippen molar-refractivity contribution in [1.82, 2.24) is 14.7 Å². The van der Waals surface area contributed by atoms with E-state index in [1.54, 1.807) is 6.07 Å². The van der Waals surface area contributed by atoms with Gasteiger partial charge >= 0.3 is 5.97 Å². The maximum atomic E-state index is 11.2. The van der Waals surface area contributed by atoms with Crippen molar-refractivity contribution in [2.75, 3.05) is 6.54 Å². The molecule has 0 atom stereocenters. The maximum Gasteiger partial charge on any atom is 0.356 e. The van der Waals surface area contributed by atoms with Gasteiger partial charge in [-0.05, 0) is 37.4 Å². The molecule has 0 radical (unpaired) electrons. The fourth-order valence-electron chi connectivity index (χ4n) is 2.47. The number of aromatic nitrogens is 2. The molecule has 100 valence electrons. The van der Waals surface area contributed by atoms with Crippen molar-refractivity contribution in [3.05, 3.63) is 35.9 Å². The number of carboxylic acid groups (broad SMARTS) is 1. The van der Waals surface area contributed by atoms with Crippen LogP contribution >= 0.6 is 0 Å². The van der Waals surface area contributed by atoms with E-state index in [1.165, 1.54) is 19.3 Å². The van der Waals surface area contributed by atoms with Crippen LogP contribution < -0.4 is 5.32 Å². The Bertz CT molecular complexity index is 602. The highest BCUT2D eigenvalue weighted by Gasteiger charge is 2.18. The molecule has 0 amide bonds. The number of carbonyl (C=O) groups is 1. The van der Waals surface area contributed by atoms with Crippen LogP contribution in [-0.2, 0) is 6.54 Å². The van der Waals surface area contributed by atoms with Crippen LogP contribution in [-0.4, -0.2) is 27.0 Å². The van der Waals surface area contributed by atoms with Crippen LogP contribution in [0.5, 0.6) is 0 Å². The summed E-state index contributed by atoms with van der Waals surface area (Å²) in [5, 5.41) is 12.5. The number of hydrogen-bond acceptors (Lipinski definition) is 3. The normalized spacial score (nSPS) is 15.6. The molecule has 0 spiro atoms. The standard InChI is InChI=1S/C14H17N3O2/c18-14(19)13-11-6-1-2-7-17(11)12(16-13)9-15-8-10-4-3-5-10/h1-2,6-7,10,15H,3-5,8-9H2,(H,18,19). The molecule has 3 rings (SSSR count). The number of carboxylic acids is 1. The van der Waals surface area contributed by atoms with Crippen molar-refractivity contribution in [3.63, 3.8) is 0 Å². The Hall–Kier alpha value is -1.88. The van der Waals surface area contributed by atoms with E-state index in [0.29, 0.717) is 12.1 Å². The lowest BCUT2D eigenvalue weighted by Crippen LogP contribution is -2.27. The minimum atomic E-state index is -0.978. The van der Waals surface area contributed by atoms with Crippen molar-refractivity contribution in [3.8, 4) is 0 Å². The summed E-state index contributed by atoms with van der Waals surface area (Å²) in [6.07, 6.45) is 5.79. The van der Waals surface area contributed by atoms with Gasteiger partial charge in [0.05, 0.1) is 12.1 Å². The molecule has 2 aromatic heterocycles. The van der Waals surface area contributed by atoms with Gasteiger partial charge in [-0.2, -0.15) is 0 Å². The van der Waals surface area contributed by atoms with E-state index in [2.05, 4.69) is 10.3 Å². The third-order valence-corrected chi connectivity index (χ3v) is 3.76. The lowest BCUT2D eigenvalue weighted by molar-refractivity contribution is 0.0693. The zero-order valence-corrected chi connectivity index (χ0v) is 10.7. The molecule has 1 fully saturated rings. The number of rotatable bonds is 5. The van der Waals surface area contributed by atoms with Gasteiger partial charge in [0.2, 0.25) is 0 Å². The summed E-state index contributed by atoms with van der Waals surface area (Å²) in [6.45, 7) is 1.60. The monoisotopic (exact) mass is 259 g/mol. The summed E-state index contributed by atoms with van der Waals surface area (Å²) in [4.78, 5) is 15.4. The molecule has 0 aromatic carbocycles. The first-order valence-electron chi connectivity index (χ1n) is 6.65. The lowest BCUT2D eigenvalue weighted by atomic mass is 9.85. The Morgan fingerprint density at radius 3 is 3.00 bits per heavy atom. The summed E-state index contributed by atoms with van der Waals surface area (Å²) < 4.78 is 1.84. The van der Waals surface area contributed by atoms with Gasteiger partial charge in [0.15, 0.2) is 5.69 Å². The molecule has 0 aliphatic heterocycles. The summed E-state index contributed by atoms with van der Waals surface area (Å²) in [5.74, 6) is 0.562. The summed E-state index contributed by atoms with van der Waals surface area (Å²) >= 11 is 0. The molecular formula is C14H17N3O2. The van der Waals surface area contributed by atoms with Crippen LogP contribution in [0, 0.1) is 5.92 Å². The molecule has 5 nitrogen and oxygen atoms in total. The third kappa shape index (κ3) is 2.33. The van der Waals surface area contributed by atoms with Gasteiger partial charge in [-0.1, -0.05) is 12.5 Å². The number of imidazole rings is 1. The van der Waals surface area contributed by atoms with Crippen molar-refractivity contribution in [2.24, 2.45) is 5.92 Å². The minimum absolute atomic E-state index is 0.126. The zero-order chi connectivity index (χ0) is 13.2. The van der Waals surface area contributed by atoms with Crippen LogP contribution in [0.15, 0.2) is 24.4 Å². The van der Waals surface area contributed by atoms with Gasteiger partial charge < -0.3 is 14.8 Å². The van der Waals surface area contributed by atoms with Gasteiger partial charge in [-0.15, -0.1) is 0 Å². The third-order valence-electron chi connectivity index (χ3n) is 3.76. The molecule has 0 unspecified atom stereocenters. The van der Waals surface area contributed by atoms with E-state index in [-0.39, 0.29) is 5.69 Å². The summed E-state index contributed by atoms with van der Waals surface area (Å²) in [7, 11) is 0. The number of fused-ring (bicyclic) bond motifs is 1. The number of nitrogens with zero attached hydrogens (tertiary/aromatic N) is 2. The second kappa shape index (κ2) is 5.01. The molecular weight excluding hydrogens is 242 g/mol. The molecule has 2 aromatic rings. The Morgan fingerprint density at radius 1 is 1.47 bits per heavy atom. The smallest absolute Gasteiger partial charge is 0.356 e. The molecule has 0 bridgehead atoms. The van der Waals surface area contributed by atoms with Crippen LogP contribution in [0.1, 0.15) is 35.6 Å². The number of pyridine rings is 1. The van der Waals surface area contributed by atoms with E-state index < -0.39 is 5.97 Å². The van der Waals surface area contributed by atoms with Crippen LogP contribution in [0.4, 0.5) is 0 Å². The molecule has 1 aliphatic carbocycles. The quantitative estimate of drug-likeness (QED) is 0.861. The van der Waals surface area contributed by atoms with Crippen molar-refractivity contribution >= 4 is 11.5 Å². The molecule has 2 N–H and O–H groups in total. The Morgan fingerprint density at radius 2 is 2.32 bits per heavy atom. The number of nitrogens with one attached hydrogen (secondary N) is 1. The number of hydrogen-bond donors (Lipinski definition) is 2. The first kappa shape index (κ1) is 12.2. The molecule has 1 saturated carbocycles. The predicted molar refractivity (Wildman–Crippen MR) is 71.2 cm³/mol. The summed E-state index contributed by atoms with van der Waals surface area (Å²) in [6, 6.07) is 5.50. The van der Waals surface area contributed by atoms with Crippen molar-refractivity contribution in [1.29, 1.82) is 0 Å². The average molecular weight is 259 g/mol.